The van der Waals surface area contributed by atoms with Crippen molar-refractivity contribution in [3.05, 3.63) is 68.4 Å². The molecule has 1 heterocycles. The van der Waals surface area contributed by atoms with Crippen molar-refractivity contribution in [3.63, 3.8) is 0 Å². The summed E-state index contributed by atoms with van der Waals surface area (Å²) in [4.78, 5) is 22.4. The molecule has 0 spiro atoms. The fraction of sp³-hybridized carbons (Fsp3) is 0.0714. The molecule has 0 aliphatic carbocycles. The van der Waals surface area contributed by atoms with Gasteiger partial charge >= 0.3 is 0 Å². The molecule has 0 saturated carbocycles. The smallest absolute Gasteiger partial charge is 0.277 e. The molecule has 0 bridgehead atoms. The number of nitrogens with one attached hydrogen (secondary N) is 1. The van der Waals surface area contributed by atoms with Crippen LogP contribution in [0, 0.1) is 27.2 Å². The van der Waals surface area contributed by atoms with E-state index in [9.17, 15) is 20.2 Å². The molecule has 0 fully saturated rings. The maximum atomic E-state index is 11.0. The van der Waals surface area contributed by atoms with Gasteiger partial charge in [-0.2, -0.15) is 9.89 Å². The largest absolute Gasteiger partial charge is 0.280 e. The van der Waals surface area contributed by atoms with Crippen LogP contribution in [0.5, 0.6) is 0 Å². The summed E-state index contributed by atoms with van der Waals surface area (Å²) in [6.07, 6.45) is 1.38. The monoisotopic (exact) mass is 313 g/mol. The maximum Gasteiger partial charge on any atom is 0.280 e. The summed E-state index contributed by atoms with van der Waals surface area (Å²) in [5.74, 6) is 0. The molecule has 0 unspecified atom stereocenters. The quantitative estimate of drug-likeness (QED) is 0.584. The third-order valence-electron chi connectivity index (χ3n) is 3.52. The fourth-order valence-corrected chi connectivity index (χ4v) is 2.34. The van der Waals surface area contributed by atoms with E-state index >= 15 is 0 Å². The Morgan fingerprint density at radius 3 is 2.39 bits per heavy atom. The molecule has 3 rings (SSSR count). The predicted molar refractivity (Wildman–Crippen MR) is 83.2 cm³/mol. The Hall–Kier alpha value is -3.49. The highest BCUT2D eigenvalue weighted by Gasteiger charge is 2.17. The normalized spacial score (nSPS) is 10.7. The highest BCUT2D eigenvalue weighted by atomic mass is 16.6. The second-order valence-corrected chi connectivity index (χ2v) is 4.84. The number of hydrogen-bond donors (Lipinski definition) is 1. The molecule has 1 aromatic heterocycles. The van der Waals surface area contributed by atoms with Gasteiger partial charge in [-0.3, -0.25) is 25.7 Å². The maximum absolute atomic E-state index is 11.0. The van der Waals surface area contributed by atoms with Crippen molar-refractivity contribution in [1.82, 2.24) is 9.89 Å². The molecule has 1 N–H and O–H groups in total. The van der Waals surface area contributed by atoms with E-state index in [0.717, 1.165) is 0 Å². The Morgan fingerprint density at radius 2 is 1.70 bits per heavy atom. The molecular weight excluding hydrogens is 302 g/mol. The van der Waals surface area contributed by atoms with Crippen LogP contribution < -0.4 is 5.43 Å². The van der Waals surface area contributed by atoms with Gasteiger partial charge in [0.1, 0.15) is 0 Å². The summed E-state index contributed by atoms with van der Waals surface area (Å²) in [5, 5.41) is 26.5. The molecule has 9 nitrogen and oxygen atoms in total. The molecule has 23 heavy (non-hydrogen) atoms. The lowest BCUT2D eigenvalue weighted by Crippen LogP contribution is -2.12. The van der Waals surface area contributed by atoms with E-state index in [1.807, 2.05) is 0 Å². The van der Waals surface area contributed by atoms with Crippen molar-refractivity contribution in [2.45, 2.75) is 6.92 Å². The van der Waals surface area contributed by atoms with Gasteiger partial charge in [0.15, 0.2) is 0 Å². The third-order valence-corrected chi connectivity index (χ3v) is 3.52. The average molecular weight is 313 g/mol. The molecule has 9 heteroatoms. The Labute approximate surface area is 129 Å². The number of nitrogens with zero attached hydrogens (tertiary/aromatic N) is 4. The van der Waals surface area contributed by atoms with E-state index in [1.165, 1.54) is 23.1 Å². The Kier molecular flexibility index (Phi) is 3.37. The lowest BCUT2D eigenvalue weighted by atomic mass is 10.1. The van der Waals surface area contributed by atoms with Gasteiger partial charge in [-0.1, -0.05) is 12.1 Å². The summed E-state index contributed by atoms with van der Waals surface area (Å²) in [6, 6.07) is 9.27. The first-order chi connectivity index (χ1) is 11.0. The van der Waals surface area contributed by atoms with Gasteiger partial charge < -0.3 is 0 Å². The van der Waals surface area contributed by atoms with Crippen molar-refractivity contribution in [1.29, 1.82) is 0 Å². The van der Waals surface area contributed by atoms with Crippen molar-refractivity contribution >= 4 is 28.0 Å². The number of benzene rings is 2. The summed E-state index contributed by atoms with van der Waals surface area (Å²) in [6.45, 7) is 1.62. The zero-order valence-electron chi connectivity index (χ0n) is 12.0. The lowest BCUT2D eigenvalue weighted by Gasteiger charge is -2.10. The molecule has 116 valence electrons. The van der Waals surface area contributed by atoms with E-state index in [2.05, 4.69) is 10.5 Å². The van der Waals surface area contributed by atoms with Crippen LogP contribution in [0.3, 0.4) is 0 Å². The van der Waals surface area contributed by atoms with Crippen LogP contribution in [0.1, 0.15) is 5.56 Å². The average Bonchev–Trinajstić information content (AvgIpc) is 2.92. The van der Waals surface area contributed by atoms with Crippen LogP contribution in [0.15, 0.2) is 42.6 Å². The number of fused-ring (bicyclic) bond motifs is 1. The van der Waals surface area contributed by atoms with Gasteiger partial charge in [-0.05, 0) is 19.1 Å². The third kappa shape index (κ3) is 2.44. The van der Waals surface area contributed by atoms with Crippen molar-refractivity contribution < 1.29 is 9.85 Å². The first-order valence-electron chi connectivity index (χ1n) is 6.61. The summed E-state index contributed by atoms with van der Waals surface area (Å²) < 4.78 is 0. The second kappa shape index (κ2) is 5.37. The Morgan fingerprint density at radius 1 is 1.04 bits per heavy atom. The topological polar surface area (TPSA) is 116 Å². The highest BCUT2D eigenvalue weighted by molar-refractivity contribution is 5.88. The SMILES string of the molecule is Cc1c(Nn2ncc3c([N+](=O)[O-])cccc32)cccc1[N+](=O)[O-]. The van der Waals surface area contributed by atoms with Crippen LogP contribution in [-0.2, 0) is 0 Å². The minimum absolute atomic E-state index is 0.0163. The molecule has 0 radical (unpaired) electrons. The molecule has 0 amide bonds. The van der Waals surface area contributed by atoms with E-state index in [-0.39, 0.29) is 11.4 Å². The fourth-order valence-electron chi connectivity index (χ4n) is 2.34. The van der Waals surface area contributed by atoms with E-state index < -0.39 is 9.85 Å². The van der Waals surface area contributed by atoms with Crippen LogP contribution in [0.2, 0.25) is 0 Å². The number of anilines is 1. The summed E-state index contributed by atoms with van der Waals surface area (Å²) in [7, 11) is 0. The molecule has 3 aromatic rings. The standard InChI is InChI=1S/C14H11N5O4/c1-9-11(4-2-5-12(9)18(20)21)16-17-13-6-3-7-14(19(22)23)10(13)8-15-17/h2-8,16H,1H3. The molecule has 0 aliphatic rings. The van der Waals surface area contributed by atoms with Gasteiger partial charge in [0.2, 0.25) is 0 Å². The minimum atomic E-state index is -0.479. The molecule has 2 aromatic carbocycles. The molecule has 0 saturated heterocycles. The first kappa shape index (κ1) is 14.4. The van der Waals surface area contributed by atoms with Crippen molar-refractivity contribution in [3.8, 4) is 0 Å². The second-order valence-electron chi connectivity index (χ2n) is 4.84. The zero-order valence-corrected chi connectivity index (χ0v) is 12.0. The van der Waals surface area contributed by atoms with Gasteiger partial charge in [0.25, 0.3) is 11.4 Å². The van der Waals surface area contributed by atoms with Crippen molar-refractivity contribution in [2.75, 3.05) is 5.43 Å². The van der Waals surface area contributed by atoms with Gasteiger partial charge in [-0.15, -0.1) is 0 Å². The molecule has 0 atom stereocenters. The molecule has 0 aliphatic heterocycles. The summed E-state index contributed by atoms with van der Waals surface area (Å²) in [5.41, 5.74) is 4.32. The number of rotatable bonds is 4. The van der Waals surface area contributed by atoms with Gasteiger partial charge in [-0.25, -0.2) is 0 Å². The highest BCUT2D eigenvalue weighted by Crippen LogP contribution is 2.28. The van der Waals surface area contributed by atoms with Crippen LogP contribution in [-0.4, -0.2) is 19.7 Å². The Balaban J connectivity index is 2.07. The van der Waals surface area contributed by atoms with E-state index in [4.69, 9.17) is 0 Å². The molecular formula is C14H11N5O4. The number of hydrogen-bond acceptors (Lipinski definition) is 6. The van der Waals surface area contributed by atoms with E-state index in [0.29, 0.717) is 22.2 Å². The number of non-ortho nitro benzene ring substituents is 1. The van der Waals surface area contributed by atoms with Crippen LogP contribution in [0.25, 0.3) is 10.9 Å². The Bertz CT molecular complexity index is 934. The summed E-state index contributed by atoms with van der Waals surface area (Å²) >= 11 is 0. The first-order valence-corrected chi connectivity index (χ1v) is 6.61. The minimum Gasteiger partial charge on any atom is -0.277 e. The lowest BCUT2D eigenvalue weighted by molar-refractivity contribution is -0.385. The number of nitro groups is 2. The number of nitro benzene ring substituents is 2. The predicted octanol–water partition coefficient (Wildman–Crippen LogP) is 3.04. The van der Waals surface area contributed by atoms with Crippen molar-refractivity contribution in [2.24, 2.45) is 0 Å². The van der Waals surface area contributed by atoms with Gasteiger partial charge in [0.05, 0.1) is 38.2 Å². The van der Waals surface area contributed by atoms with Crippen LogP contribution in [0.4, 0.5) is 17.1 Å². The van der Waals surface area contributed by atoms with Gasteiger partial charge in [0, 0.05) is 12.1 Å². The van der Waals surface area contributed by atoms with E-state index in [1.54, 1.807) is 31.2 Å². The van der Waals surface area contributed by atoms with Crippen LogP contribution >= 0.6 is 0 Å². The zero-order chi connectivity index (χ0) is 16.6. The number of aromatic nitrogens is 2.